The lowest BCUT2D eigenvalue weighted by atomic mass is 9.99. The highest BCUT2D eigenvalue weighted by atomic mass is 32.2. The molecule has 0 saturated carbocycles. The average molecular weight is 377 g/mol. The molecule has 1 atom stereocenters. The summed E-state index contributed by atoms with van der Waals surface area (Å²) in [5.41, 5.74) is -0.406. The Morgan fingerprint density at radius 3 is 2.17 bits per heavy atom. The molecule has 1 aliphatic rings. The zero-order chi connectivity index (χ0) is 17.8. The number of hydrogen-bond donors (Lipinski definition) is 3. The van der Waals surface area contributed by atoms with E-state index in [1.165, 1.54) is 31.3 Å². The molecule has 0 spiro atoms. The van der Waals surface area contributed by atoms with Crippen LogP contribution in [-0.2, 0) is 24.8 Å². The van der Waals surface area contributed by atoms with Gasteiger partial charge in [-0.1, -0.05) is 0 Å². The molecule has 1 heterocycles. The summed E-state index contributed by atoms with van der Waals surface area (Å²) in [6, 6.07) is 5.08. The highest BCUT2D eigenvalue weighted by Crippen LogP contribution is 2.20. The highest BCUT2D eigenvalue weighted by molar-refractivity contribution is 7.90. The Hall–Kier alpha value is -1.04. The average Bonchev–Trinajstić information content (AvgIpc) is 3.03. The van der Waals surface area contributed by atoms with Crippen LogP contribution >= 0.6 is 0 Å². The van der Waals surface area contributed by atoms with E-state index in [0.29, 0.717) is 6.61 Å². The third-order valence-corrected chi connectivity index (χ3v) is 6.91. The van der Waals surface area contributed by atoms with Gasteiger partial charge in [-0.05, 0) is 50.7 Å². The number of ether oxygens (including phenoxy) is 1. The van der Waals surface area contributed by atoms with E-state index in [0.717, 1.165) is 19.4 Å². The fourth-order valence-corrected chi connectivity index (χ4v) is 4.56. The number of nitrogens with one attached hydrogen (secondary N) is 3. The van der Waals surface area contributed by atoms with E-state index < -0.39 is 25.6 Å². The smallest absolute Gasteiger partial charge is 0.240 e. The van der Waals surface area contributed by atoms with Crippen molar-refractivity contribution in [3.8, 4) is 0 Å². The minimum absolute atomic E-state index is 0.0114. The van der Waals surface area contributed by atoms with Gasteiger partial charge < -0.3 is 10.1 Å². The van der Waals surface area contributed by atoms with Crippen LogP contribution in [0.3, 0.4) is 0 Å². The van der Waals surface area contributed by atoms with E-state index >= 15 is 0 Å². The van der Waals surface area contributed by atoms with Crippen LogP contribution in [0.1, 0.15) is 12.8 Å². The van der Waals surface area contributed by atoms with Gasteiger partial charge in [0, 0.05) is 13.7 Å². The van der Waals surface area contributed by atoms with Crippen LogP contribution in [0.4, 0.5) is 0 Å². The fraction of sp³-hybridized carbons (Fsp3) is 0.571. The molecule has 0 radical (unpaired) electrons. The summed E-state index contributed by atoms with van der Waals surface area (Å²) in [4.78, 5) is 0.0281. The van der Waals surface area contributed by atoms with Crippen LogP contribution in [0.5, 0.6) is 0 Å². The first-order valence-corrected chi connectivity index (χ1v) is 10.5. The monoisotopic (exact) mass is 377 g/mol. The summed E-state index contributed by atoms with van der Waals surface area (Å²) in [5, 5.41) is 3.29. The maximum Gasteiger partial charge on any atom is 0.240 e. The molecule has 3 N–H and O–H groups in total. The van der Waals surface area contributed by atoms with Crippen molar-refractivity contribution in [2.45, 2.75) is 28.2 Å². The van der Waals surface area contributed by atoms with Crippen LogP contribution in [0.2, 0.25) is 0 Å². The molecule has 136 valence electrons. The van der Waals surface area contributed by atoms with Gasteiger partial charge in [0.25, 0.3) is 0 Å². The van der Waals surface area contributed by atoms with Gasteiger partial charge in [0.15, 0.2) is 0 Å². The van der Waals surface area contributed by atoms with Gasteiger partial charge >= 0.3 is 0 Å². The predicted octanol–water partition coefficient (Wildman–Crippen LogP) is -0.358. The molecule has 0 amide bonds. The first-order chi connectivity index (χ1) is 11.2. The van der Waals surface area contributed by atoms with Gasteiger partial charge in [0.1, 0.15) is 0 Å². The second-order valence-corrected chi connectivity index (χ2v) is 9.40. The Morgan fingerprint density at radius 1 is 1.12 bits per heavy atom. The van der Waals surface area contributed by atoms with Gasteiger partial charge in [-0.15, -0.1) is 0 Å². The van der Waals surface area contributed by atoms with Crippen molar-refractivity contribution in [3.05, 3.63) is 24.3 Å². The van der Waals surface area contributed by atoms with E-state index in [9.17, 15) is 16.8 Å². The van der Waals surface area contributed by atoms with Gasteiger partial charge in [-0.25, -0.2) is 26.3 Å². The minimum Gasteiger partial charge on any atom is -0.383 e. The first-order valence-electron chi connectivity index (χ1n) is 7.52. The van der Waals surface area contributed by atoms with E-state index in [-0.39, 0.29) is 16.3 Å². The molecule has 0 bridgehead atoms. The molecule has 8 nitrogen and oxygen atoms in total. The SMILES string of the molecule is CNS(=O)(=O)c1ccc(S(=O)(=O)NCC2(COC)CCCN2)cc1. The van der Waals surface area contributed by atoms with Crippen molar-refractivity contribution >= 4 is 20.0 Å². The summed E-state index contributed by atoms with van der Waals surface area (Å²) >= 11 is 0. The molecule has 1 saturated heterocycles. The summed E-state index contributed by atoms with van der Waals surface area (Å²) in [5.74, 6) is 0. The van der Waals surface area contributed by atoms with Gasteiger partial charge in [0.05, 0.1) is 21.9 Å². The molecule has 1 aromatic carbocycles. The fourth-order valence-electron chi connectivity index (χ4n) is 2.70. The van der Waals surface area contributed by atoms with Crippen LogP contribution < -0.4 is 14.8 Å². The Kier molecular flexibility index (Phi) is 6.00. The summed E-state index contributed by atoms with van der Waals surface area (Å²) < 4.78 is 58.2. The standard InChI is InChI=1S/C14H23N3O5S2/c1-15-23(18,19)12-4-6-13(7-5-12)24(20,21)17-10-14(11-22-2)8-3-9-16-14/h4-7,15-17H,3,8-11H2,1-2H3. The van der Waals surface area contributed by atoms with Crippen LogP contribution in [-0.4, -0.2) is 56.2 Å². The van der Waals surface area contributed by atoms with Crippen LogP contribution in [0.25, 0.3) is 0 Å². The molecule has 0 aliphatic carbocycles. The van der Waals surface area contributed by atoms with Crippen LogP contribution in [0, 0.1) is 0 Å². The number of hydrogen-bond acceptors (Lipinski definition) is 6. The Balaban J connectivity index is 2.13. The molecule has 10 heteroatoms. The lowest BCUT2D eigenvalue weighted by Gasteiger charge is -2.28. The second-order valence-electron chi connectivity index (χ2n) is 5.75. The Bertz CT molecular complexity index is 754. The van der Waals surface area contributed by atoms with Crippen molar-refractivity contribution in [2.24, 2.45) is 0 Å². The van der Waals surface area contributed by atoms with Gasteiger partial charge in [0.2, 0.25) is 20.0 Å². The van der Waals surface area contributed by atoms with Crippen molar-refractivity contribution in [1.29, 1.82) is 0 Å². The number of rotatable bonds is 8. The summed E-state index contributed by atoms with van der Waals surface area (Å²) in [7, 11) is -4.45. The van der Waals surface area contributed by atoms with Gasteiger partial charge in [-0.3, -0.25) is 0 Å². The normalized spacial score (nSPS) is 21.9. The minimum atomic E-state index is -3.73. The van der Waals surface area contributed by atoms with E-state index in [1.807, 2.05) is 0 Å². The highest BCUT2D eigenvalue weighted by Gasteiger charge is 2.34. The van der Waals surface area contributed by atoms with Crippen LogP contribution in [0.15, 0.2) is 34.1 Å². The molecule has 1 fully saturated rings. The third kappa shape index (κ3) is 4.32. The Labute approximate surface area is 143 Å². The quantitative estimate of drug-likeness (QED) is 0.570. The molecular weight excluding hydrogens is 354 g/mol. The van der Waals surface area contributed by atoms with Crippen molar-refractivity contribution in [3.63, 3.8) is 0 Å². The number of benzene rings is 1. The zero-order valence-corrected chi connectivity index (χ0v) is 15.3. The molecule has 24 heavy (non-hydrogen) atoms. The number of methoxy groups -OCH3 is 1. The summed E-state index contributed by atoms with van der Waals surface area (Å²) in [6.45, 7) is 1.44. The van der Waals surface area contributed by atoms with Crippen molar-refractivity contribution in [1.82, 2.24) is 14.8 Å². The lowest BCUT2D eigenvalue weighted by molar-refractivity contribution is 0.122. The largest absolute Gasteiger partial charge is 0.383 e. The summed E-state index contributed by atoms with van der Waals surface area (Å²) in [6.07, 6.45) is 1.78. The molecule has 2 rings (SSSR count). The van der Waals surface area contributed by atoms with E-state index in [2.05, 4.69) is 14.8 Å². The van der Waals surface area contributed by atoms with E-state index in [1.54, 1.807) is 7.11 Å². The van der Waals surface area contributed by atoms with Crippen molar-refractivity contribution in [2.75, 3.05) is 33.9 Å². The molecule has 1 aromatic rings. The third-order valence-electron chi connectivity index (χ3n) is 4.07. The molecular formula is C14H23N3O5S2. The molecule has 1 unspecified atom stereocenters. The van der Waals surface area contributed by atoms with Crippen molar-refractivity contribution < 1.29 is 21.6 Å². The predicted molar refractivity (Wildman–Crippen MR) is 89.7 cm³/mol. The zero-order valence-electron chi connectivity index (χ0n) is 13.7. The van der Waals surface area contributed by atoms with Gasteiger partial charge in [-0.2, -0.15) is 0 Å². The first kappa shape index (κ1) is 19.3. The van der Waals surface area contributed by atoms with E-state index in [4.69, 9.17) is 4.74 Å². The molecule has 1 aliphatic heterocycles. The Morgan fingerprint density at radius 2 is 1.71 bits per heavy atom. The second kappa shape index (κ2) is 7.46. The number of sulfonamides is 2. The maximum atomic E-state index is 12.4. The maximum absolute atomic E-state index is 12.4. The topological polar surface area (TPSA) is 114 Å². The lowest BCUT2D eigenvalue weighted by Crippen LogP contribution is -2.52. The molecule has 0 aromatic heterocycles.